The van der Waals surface area contributed by atoms with Crippen molar-refractivity contribution in [1.29, 1.82) is 0 Å². The second-order valence-corrected chi connectivity index (χ2v) is 10.4. The Morgan fingerprint density at radius 1 is 0.905 bits per heavy atom. The molecular weight excluding hydrogens is 570 g/mol. The Kier molecular flexibility index (Phi) is 9.87. The Bertz CT molecular complexity index is 1620. The molecule has 212 valence electrons. The van der Waals surface area contributed by atoms with Crippen molar-refractivity contribution >= 4 is 35.5 Å². The number of ether oxygens (including phenoxy) is 2. The van der Waals surface area contributed by atoms with Crippen molar-refractivity contribution in [2.75, 3.05) is 12.4 Å². The zero-order valence-electron chi connectivity index (χ0n) is 22.8. The number of nitrogens with zero attached hydrogens (tertiary/aromatic N) is 4. The maximum atomic E-state index is 12.6. The summed E-state index contributed by atoms with van der Waals surface area (Å²) >= 11 is 7.36. The fourth-order valence-corrected chi connectivity index (χ4v) is 4.84. The molecule has 0 spiro atoms. The number of hydrogen-bond donors (Lipinski definition) is 1. The summed E-state index contributed by atoms with van der Waals surface area (Å²) in [7, 11) is 0. The lowest BCUT2D eigenvalue weighted by molar-refractivity contribution is -0.118. The minimum atomic E-state index is -0.270. The van der Waals surface area contributed by atoms with Crippen LogP contribution in [-0.2, 0) is 11.4 Å². The molecular formula is C32H28ClN5O3S. The molecule has 0 unspecified atom stereocenters. The van der Waals surface area contributed by atoms with Crippen LogP contribution in [0.3, 0.4) is 0 Å². The highest BCUT2D eigenvalue weighted by Crippen LogP contribution is 2.29. The minimum Gasteiger partial charge on any atom is -0.494 e. The molecule has 0 aliphatic heterocycles. The van der Waals surface area contributed by atoms with E-state index in [2.05, 4.69) is 20.7 Å². The first-order valence-electron chi connectivity index (χ1n) is 13.2. The summed E-state index contributed by atoms with van der Waals surface area (Å²) in [5, 5.41) is 14.1. The Morgan fingerprint density at radius 3 is 2.31 bits per heavy atom. The molecule has 0 aliphatic carbocycles. The molecule has 10 heteroatoms. The summed E-state index contributed by atoms with van der Waals surface area (Å²) in [5.74, 6) is 1.98. The molecule has 1 aromatic heterocycles. The van der Waals surface area contributed by atoms with E-state index >= 15 is 0 Å². The Morgan fingerprint density at radius 2 is 1.60 bits per heavy atom. The molecule has 8 nitrogen and oxygen atoms in total. The van der Waals surface area contributed by atoms with E-state index in [0.29, 0.717) is 29.2 Å². The number of halogens is 1. The summed E-state index contributed by atoms with van der Waals surface area (Å²) in [6.45, 7) is 3.01. The first kappa shape index (κ1) is 28.9. The van der Waals surface area contributed by atoms with Gasteiger partial charge in [-0.2, -0.15) is 5.10 Å². The van der Waals surface area contributed by atoms with Gasteiger partial charge in [-0.3, -0.25) is 9.36 Å². The predicted molar refractivity (Wildman–Crippen MR) is 167 cm³/mol. The SMILES string of the molecule is CCOc1ccc(-n2c(SCC(=O)N/N=C\c3ccc(OCc4ccccc4)cc3)nnc2-c2ccc(Cl)cc2)cc1. The second-order valence-electron chi connectivity index (χ2n) is 9.00. The van der Waals surface area contributed by atoms with Gasteiger partial charge in [0, 0.05) is 16.3 Å². The van der Waals surface area contributed by atoms with E-state index in [4.69, 9.17) is 21.1 Å². The van der Waals surface area contributed by atoms with Crippen molar-refractivity contribution in [1.82, 2.24) is 20.2 Å². The zero-order valence-corrected chi connectivity index (χ0v) is 24.4. The Hall–Kier alpha value is -4.60. The van der Waals surface area contributed by atoms with Crippen molar-refractivity contribution < 1.29 is 14.3 Å². The summed E-state index contributed by atoms with van der Waals surface area (Å²) in [5.41, 5.74) is 6.19. The normalized spacial score (nSPS) is 11.0. The van der Waals surface area contributed by atoms with Crippen LogP contribution in [0.2, 0.25) is 5.02 Å². The van der Waals surface area contributed by atoms with Crippen molar-refractivity contribution in [2.45, 2.75) is 18.7 Å². The van der Waals surface area contributed by atoms with Crippen molar-refractivity contribution in [3.05, 3.63) is 119 Å². The number of carbonyl (C=O) groups is 1. The lowest BCUT2D eigenvalue weighted by Crippen LogP contribution is -2.20. The van der Waals surface area contributed by atoms with E-state index < -0.39 is 0 Å². The lowest BCUT2D eigenvalue weighted by Gasteiger charge is -2.11. The summed E-state index contributed by atoms with van der Waals surface area (Å²) in [4.78, 5) is 12.6. The van der Waals surface area contributed by atoms with Gasteiger partial charge in [-0.25, -0.2) is 5.43 Å². The third kappa shape index (κ3) is 7.78. The van der Waals surface area contributed by atoms with Crippen LogP contribution >= 0.6 is 23.4 Å². The first-order chi connectivity index (χ1) is 20.6. The van der Waals surface area contributed by atoms with Crippen molar-refractivity contribution in [3.8, 4) is 28.6 Å². The number of benzene rings is 4. The number of hydrazone groups is 1. The molecule has 42 heavy (non-hydrogen) atoms. The molecule has 1 heterocycles. The van der Waals surface area contributed by atoms with Crippen molar-refractivity contribution in [2.24, 2.45) is 5.10 Å². The number of thioether (sulfide) groups is 1. The van der Waals surface area contributed by atoms with Crippen LogP contribution in [0.25, 0.3) is 17.1 Å². The van der Waals surface area contributed by atoms with E-state index in [1.54, 1.807) is 18.3 Å². The van der Waals surface area contributed by atoms with Gasteiger partial charge in [0.2, 0.25) is 0 Å². The molecule has 0 aliphatic rings. The largest absolute Gasteiger partial charge is 0.494 e. The van der Waals surface area contributed by atoms with Gasteiger partial charge in [-0.1, -0.05) is 53.7 Å². The molecule has 4 aromatic carbocycles. The highest BCUT2D eigenvalue weighted by Gasteiger charge is 2.17. The number of aromatic nitrogens is 3. The first-order valence-corrected chi connectivity index (χ1v) is 14.6. The molecule has 5 rings (SSSR count). The maximum absolute atomic E-state index is 12.6. The second kappa shape index (κ2) is 14.3. The summed E-state index contributed by atoms with van der Waals surface area (Å²) in [6.07, 6.45) is 1.59. The van der Waals surface area contributed by atoms with Gasteiger partial charge in [-0.05, 0) is 90.8 Å². The van der Waals surface area contributed by atoms with Crippen LogP contribution in [0, 0.1) is 0 Å². The number of hydrogen-bond acceptors (Lipinski definition) is 7. The van der Waals surface area contributed by atoms with Crippen molar-refractivity contribution in [3.63, 3.8) is 0 Å². The van der Waals surface area contributed by atoms with Gasteiger partial charge < -0.3 is 9.47 Å². The number of rotatable bonds is 12. The number of nitrogens with one attached hydrogen (secondary N) is 1. The average molecular weight is 598 g/mol. The Labute approximate surface area is 253 Å². The molecule has 1 amide bonds. The van der Waals surface area contributed by atoms with E-state index in [1.807, 2.05) is 102 Å². The van der Waals surface area contributed by atoms with Crippen LogP contribution in [0.4, 0.5) is 0 Å². The zero-order chi connectivity index (χ0) is 29.1. The van der Waals surface area contributed by atoms with Crippen LogP contribution in [-0.4, -0.2) is 39.2 Å². The van der Waals surface area contributed by atoms with Crippen LogP contribution in [0.5, 0.6) is 11.5 Å². The molecule has 5 aromatic rings. The predicted octanol–water partition coefficient (Wildman–Crippen LogP) is 6.81. The van der Waals surface area contributed by atoms with Crippen LogP contribution in [0.15, 0.2) is 113 Å². The smallest absolute Gasteiger partial charge is 0.250 e. The molecule has 0 saturated carbocycles. The summed E-state index contributed by atoms with van der Waals surface area (Å²) in [6, 6.07) is 32.5. The fraction of sp³-hybridized carbons (Fsp3) is 0.125. The number of carbonyl (C=O) groups excluding carboxylic acids is 1. The molecule has 0 saturated heterocycles. The minimum absolute atomic E-state index is 0.0966. The maximum Gasteiger partial charge on any atom is 0.250 e. The topological polar surface area (TPSA) is 90.6 Å². The van der Waals surface area contributed by atoms with Gasteiger partial charge in [0.05, 0.1) is 18.6 Å². The van der Waals surface area contributed by atoms with E-state index in [-0.39, 0.29) is 11.7 Å². The Balaban J connectivity index is 1.21. The van der Waals surface area contributed by atoms with Crippen LogP contribution < -0.4 is 14.9 Å². The monoisotopic (exact) mass is 597 g/mol. The van der Waals surface area contributed by atoms with Gasteiger partial charge in [0.25, 0.3) is 5.91 Å². The summed E-state index contributed by atoms with van der Waals surface area (Å²) < 4.78 is 13.3. The molecule has 1 N–H and O–H groups in total. The van der Waals surface area contributed by atoms with Gasteiger partial charge in [0.15, 0.2) is 11.0 Å². The molecule has 0 radical (unpaired) electrons. The van der Waals surface area contributed by atoms with E-state index in [9.17, 15) is 4.79 Å². The lowest BCUT2D eigenvalue weighted by atomic mass is 10.2. The van der Waals surface area contributed by atoms with E-state index in [1.165, 1.54) is 11.8 Å². The molecule has 0 bridgehead atoms. The van der Waals surface area contributed by atoms with Gasteiger partial charge in [0.1, 0.15) is 18.1 Å². The van der Waals surface area contributed by atoms with Gasteiger partial charge >= 0.3 is 0 Å². The van der Waals surface area contributed by atoms with Gasteiger partial charge in [-0.15, -0.1) is 10.2 Å². The highest BCUT2D eigenvalue weighted by atomic mass is 35.5. The third-order valence-electron chi connectivity index (χ3n) is 6.01. The standard InChI is InChI=1S/C32H28ClN5O3S/c1-2-40-28-18-14-27(15-19-28)38-31(25-10-12-26(33)13-11-25)36-37-32(38)42-22-30(39)35-34-20-23-8-16-29(17-9-23)41-21-24-6-4-3-5-7-24/h3-20H,2,21-22H2,1H3,(H,35,39)/b34-20-. The van der Waals surface area contributed by atoms with E-state index in [0.717, 1.165) is 33.9 Å². The number of amides is 1. The third-order valence-corrected chi connectivity index (χ3v) is 7.19. The average Bonchev–Trinajstić information content (AvgIpc) is 3.45. The molecule has 0 fully saturated rings. The fourth-order valence-electron chi connectivity index (χ4n) is 3.97. The molecule has 0 atom stereocenters. The van der Waals surface area contributed by atoms with Crippen LogP contribution in [0.1, 0.15) is 18.1 Å². The highest BCUT2D eigenvalue weighted by molar-refractivity contribution is 7.99. The quantitative estimate of drug-likeness (QED) is 0.0965.